The van der Waals surface area contributed by atoms with E-state index >= 15 is 0 Å². The van der Waals surface area contributed by atoms with Crippen molar-refractivity contribution < 1.29 is 9.59 Å². The third-order valence-electron chi connectivity index (χ3n) is 6.03. The molecule has 1 N–H and O–H groups in total. The molecule has 0 unspecified atom stereocenters. The molecule has 0 atom stereocenters. The third-order valence-corrected chi connectivity index (χ3v) is 6.03. The number of hydrogen-bond acceptors (Lipinski definition) is 4. The van der Waals surface area contributed by atoms with Crippen LogP contribution in [0.3, 0.4) is 0 Å². The van der Waals surface area contributed by atoms with Crippen molar-refractivity contribution in [1.82, 2.24) is 20.2 Å². The van der Waals surface area contributed by atoms with Crippen molar-refractivity contribution in [3.05, 3.63) is 59.2 Å². The van der Waals surface area contributed by atoms with Crippen LogP contribution in [0.4, 0.5) is 0 Å². The Labute approximate surface area is 178 Å². The van der Waals surface area contributed by atoms with Crippen molar-refractivity contribution in [2.24, 2.45) is 5.92 Å². The average molecular weight is 407 g/mol. The highest BCUT2D eigenvalue weighted by Gasteiger charge is 2.25. The standard InChI is InChI=1S/C24H30N4O2/c1-17-15-26-22(16-25-17)24(30)28-12-10-20(11-13-28)14-19-4-2-18(3-5-19)6-9-23(29)27-21-7-8-21/h2-5,15-16,20-21H,6-14H2,1H3,(H,27,29). The SMILES string of the molecule is Cc1cnc(C(=O)N2CCC(Cc3ccc(CCC(=O)NC4CC4)cc3)CC2)cn1. The van der Waals surface area contributed by atoms with Crippen molar-refractivity contribution in [2.75, 3.05) is 13.1 Å². The first-order valence-electron chi connectivity index (χ1n) is 11.0. The normalized spacial score (nSPS) is 17.0. The summed E-state index contributed by atoms with van der Waals surface area (Å²) in [6, 6.07) is 9.11. The number of benzene rings is 1. The minimum atomic E-state index is -0.0176. The lowest BCUT2D eigenvalue weighted by molar-refractivity contribution is -0.121. The Bertz CT molecular complexity index is 867. The minimum Gasteiger partial charge on any atom is -0.353 e. The first-order valence-corrected chi connectivity index (χ1v) is 11.0. The lowest BCUT2D eigenvalue weighted by Gasteiger charge is -2.31. The molecule has 2 aromatic rings. The van der Waals surface area contributed by atoms with Gasteiger partial charge in [-0.1, -0.05) is 24.3 Å². The number of aryl methyl sites for hydroxylation is 2. The second kappa shape index (κ2) is 9.37. The van der Waals surface area contributed by atoms with Crippen LogP contribution >= 0.6 is 0 Å². The van der Waals surface area contributed by atoms with E-state index in [1.54, 1.807) is 12.4 Å². The van der Waals surface area contributed by atoms with Gasteiger partial charge in [0.1, 0.15) is 5.69 Å². The summed E-state index contributed by atoms with van der Waals surface area (Å²) >= 11 is 0. The Morgan fingerprint density at radius 1 is 1.00 bits per heavy atom. The monoisotopic (exact) mass is 406 g/mol. The van der Waals surface area contributed by atoms with Crippen molar-refractivity contribution in [3.8, 4) is 0 Å². The molecule has 2 amide bonds. The molecule has 1 aromatic carbocycles. The zero-order valence-electron chi connectivity index (χ0n) is 17.6. The summed E-state index contributed by atoms with van der Waals surface area (Å²) < 4.78 is 0. The van der Waals surface area contributed by atoms with E-state index in [4.69, 9.17) is 0 Å². The lowest BCUT2D eigenvalue weighted by atomic mass is 9.89. The molecule has 1 aromatic heterocycles. The molecule has 2 fully saturated rings. The van der Waals surface area contributed by atoms with Gasteiger partial charge in [-0.2, -0.15) is 0 Å². The van der Waals surface area contributed by atoms with Gasteiger partial charge in [-0.25, -0.2) is 4.98 Å². The van der Waals surface area contributed by atoms with Crippen LogP contribution in [0.2, 0.25) is 0 Å². The fraction of sp³-hybridized carbons (Fsp3) is 0.500. The van der Waals surface area contributed by atoms with Crippen LogP contribution in [-0.2, 0) is 17.6 Å². The Morgan fingerprint density at radius 3 is 2.33 bits per heavy atom. The summed E-state index contributed by atoms with van der Waals surface area (Å²) in [5, 5.41) is 3.04. The lowest BCUT2D eigenvalue weighted by Crippen LogP contribution is -2.39. The Morgan fingerprint density at radius 2 is 1.70 bits per heavy atom. The molecule has 1 saturated carbocycles. The van der Waals surface area contributed by atoms with E-state index in [-0.39, 0.29) is 11.8 Å². The van der Waals surface area contributed by atoms with Crippen LogP contribution in [0.25, 0.3) is 0 Å². The summed E-state index contributed by atoms with van der Waals surface area (Å²) in [5.41, 5.74) is 3.79. The number of aromatic nitrogens is 2. The van der Waals surface area contributed by atoms with E-state index < -0.39 is 0 Å². The van der Waals surface area contributed by atoms with E-state index in [1.807, 2.05) is 11.8 Å². The smallest absolute Gasteiger partial charge is 0.274 e. The van der Waals surface area contributed by atoms with Crippen molar-refractivity contribution in [2.45, 2.75) is 57.9 Å². The first kappa shape index (κ1) is 20.5. The molecule has 2 heterocycles. The average Bonchev–Trinajstić information content (AvgIpc) is 3.58. The van der Waals surface area contributed by atoms with Gasteiger partial charge >= 0.3 is 0 Å². The largest absolute Gasteiger partial charge is 0.353 e. The van der Waals surface area contributed by atoms with E-state index in [0.29, 0.717) is 24.1 Å². The Hall–Kier alpha value is -2.76. The van der Waals surface area contributed by atoms with Gasteiger partial charge in [-0.15, -0.1) is 0 Å². The van der Waals surface area contributed by atoms with Crippen LogP contribution in [0.5, 0.6) is 0 Å². The van der Waals surface area contributed by atoms with Gasteiger partial charge in [-0.3, -0.25) is 14.6 Å². The van der Waals surface area contributed by atoms with Gasteiger partial charge in [0.15, 0.2) is 0 Å². The number of amides is 2. The number of nitrogens with zero attached hydrogens (tertiary/aromatic N) is 3. The second-order valence-electron chi connectivity index (χ2n) is 8.64. The molecular weight excluding hydrogens is 376 g/mol. The quantitative estimate of drug-likeness (QED) is 0.767. The van der Waals surface area contributed by atoms with E-state index in [9.17, 15) is 9.59 Å². The number of nitrogens with one attached hydrogen (secondary N) is 1. The number of carbonyl (C=O) groups is 2. The predicted molar refractivity (Wildman–Crippen MR) is 115 cm³/mol. The Kier molecular flexibility index (Phi) is 6.41. The van der Waals surface area contributed by atoms with Crippen molar-refractivity contribution in [3.63, 3.8) is 0 Å². The summed E-state index contributed by atoms with van der Waals surface area (Å²) in [4.78, 5) is 34.7. The molecule has 1 saturated heterocycles. The number of likely N-dealkylation sites (tertiary alicyclic amines) is 1. The fourth-order valence-electron chi connectivity index (χ4n) is 3.97. The van der Waals surface area contributed by atoms with Gasteiger partial charge < -0.3 is 10.2 Å². The van der Waals surface area contributed by atoms with E-state index in [0.717, 1.165) is 57.3 Å². The number of hydrogen-bond donors (Lipinski definition) is 1. The molecular formula is C24H30N4O2. The topological polar surface area (TPSA) is 75.2 Å². The van der Waals surface area contributed by atoms with Crippen LogP contribution < -0.4 is 5.32 Å². The highest BCUT2D eigenvalue weighted by molar-refractivity contribution is 5.92. The molecule has 158 valence electrons. The maximum absolute atomic E-state index is 12.6. The maximum atomic E-state index is 12.6. The minimum absolute atomic E-state index is 0.0176. The van der Waals surface area contributed by atoms with Crippen LogP contribution in [0.15, 0.2) is 36.7 Å². The molecule has 0 spiro atoms. The van der Waals surface area contributed by atoms with Crippen LogP contribution in [-0.4, -0.2) is 45.8 Å². The van der Waals surface area contributed by atoms with Crippen molar-refractivity contribution >= 4 is 11.8 Å². The second-order valence-corrected chi connectivity index (χ2v) is 8.64. The number of rotatable bonds is 7. The molecule has 6 nitrogen and oxygen atoms in total. The van der Waals surface area contributed by atoms with Crippen LogP contribution in [0.1, 0.15) is 59.4 Å². The molecule has 6 heteroatoms. The summed E-state index contributed by atoms with van der Waals surface area (Å²) in [7, 11) is 0. The summed E-state index contributed by atoms with van der Waals surface area (Å²) in [6.07, 6.45) is 9.89. The van der Waals surface area contributed by atoms with Crippen molar-refractivity contribution in [1.29, 1.82) is 0 Å². The van der Waals surface area contributed by atoms with E-state index in [2.05, 4.69) is 39.6 Å². The van der Waals surface area contributed by atoms with E-state index in [1.165, 1.54) is 11.1 Å². The van der Waals surface area contributed by atoms with Crippen LogP contribution in [0, 0.1) is 12.8 Å². The maximum Gasteiger partial charge on any atom is 0.274 e. The predicted octanol–water partition coefficient (Wildman–Crippen LogP) is 3.09. The van der Waals surface area contributed by atoms with Gasteiger partial charge in [0, 0.05) is 31.7 Å². The Balaban J connectivity index is 1.21. The molecule has 30 heavy (non-hydrogen) atoms. The zero-order valence-corrected chi connectivity index (χ0v) is 17.6. The third kappa shape index (κ3) is 5.65. The van der Waals surface area contributed by atoms with Gasteiger partial charge in [0.25, 0.3) is 5.91 Å². The molecule has 4 rings (SSSR count). The summed E-state index contributed by atoms with van der Waals surface area (Å²) in [6.45, 7) is 3.41. The molecule has 0 bridgehead atoms. The summed E-state index contributed by atoms with van der Waals surface area (Å²) in [5.74, 6) is 0.740. The van der Waals surface area contributed by atoms with Gasteiger partial charge in [0.05, 0.1) is 11.9 Å². The highest BCUT2D eigenvalue weighted by atomic mass is 16.2. The first-order chi connectivity index (χ1) is 14.6. The highest BCUT2D eigenvalue weighted by Crippen LogP contribution is 2.23. The zero-order chi connectivity index (χ0) is 20.9. The molecule has 1 aliphatic heterocycles. The molecule has 1 aliphatic carbocycles. The molecule has 2 aliphatic rings. The van der Waals surface area contributed by atoms with Gasteiger partial charge in [-0.05, 0) is 62.5 Å². The number of carbonyl (C=O) groups excluding carboxylic acids is 2. The number of piperidine rings is 1. The molecule has 0 radical (unpaired) electrons. The van der Waals surface area contributed by atoms with Gasteiger partial charge in [0.2, 0.25) is 5.91 Å². The fourth-order valence-corrected chi connectivity index (χ4v) is 3.97.